The Labute approximate surface area is 132 Å². The van der Waals surface area contributed by atoms with E-state index in [1.165, 1.54) is 0 Å². The number of rotatable bonds is 3. The molecule has 0 saturated heterocycles. The number of nitrogens with one attached hydrogen (secondary N) is 2. The van der Waals surface area contributed by atoms with E-state index < -0.39 is 0 Å². The molecule has 6 nitrogen and oxygen atoms in total. The molecule has 2 heterocycles. The second-order valence-corrected chi connectivity index (χ2v) is 5.08. The third-order valence-electron chi connectivity index (χ3n) is 3.53. The maximum absolute atomic E-state index is 5.81. The van der Waals surface area contributed by atoms with Crippen LogP contribution in [0.15, 0.2) is 60.7 Å². The van der Waals surface area contributed by atoms with Gasteiger partial charge in [-0.2, -0.15) is 15.1 Å². The average molecular weight is 302 g/mol. The van der Waals surface area contributed by atoms with Crippen LogP contribution in [0.1, 0.15) is 0 Å². The number of hydrogen-bond acceptors (Lipinski definition) is 5. The Hall–Kier alpha value is -3.41. The standard InChI is InChI=1S/C17H14N6/c18-17-20-15(19-12-9-5-2-6-10-12)13-14(22-23-16(13)21-17)11-7-3-1-4-8-11/h1-10H,(H4,18,19,20,21,22,23). The highest BCUT2D eigenvalue weighted by atomic mass is 15.2. The molecule has 2 aromatic carbocycles. The van der Waals surface area contributed by atoms with Gasteiger partial charge < -0.3 is 11.1 Å². The predicted octanol–water partition coefficient (Wildman–Crippen LogP) is 3.35. The van der Waals surface area contributed by atoms with Gasteiger partial charge in [0.25, 0.3) is 0 Å². The van der Waals surface area contributed by atoms with Crippen molar-refractivity contribution in [3.8, 4) is 11.3 Å². The van der Waals surface area contributed by atoms with Crippen LogP contribution in [-0.4, -0.2) is 20.2 Å². The molecule has 4 rings (SSSR count). The lowest BCUT2D eigenvalue weighted by atomic mass is 10.1. The molecule has 0 unspecified atom stereocenters. The lowest BCUT2D eigenvalue weighted by molar-refractivity contribution is 1.10. The largest absolute Gasteiger partial charge is 0.368 e. The van der Waals surface area contributed by atoms with Crippen LogP contribution in [0.3, 0.4) is 0 Å². The van der Waals surface area contributed by atoms with Crippen molar-refractivity contribution >= 4 is 28.5 Å². The first-order chi connectivity index (χ1) is 11.3. The molecule has 0 radical (unpaired) electrons. The van der Waals surface area contributed by atoms with Gasteiger partial charge in [-0.25, -0.2) is 0 Å². The fourth-order valence-electron chi connectivity index (χ4n) is 2.50. The number of nitrogen functional groups attached to an aromatic ring is 1. The van der Waals surface area contributed by atoms with E-state index >= 15 is 0 Å². The Bertz CT molecular complexity index is 947. The SMILES string of the molecule is Nc1nc(Nc2ccccc2)c2c(-c3ccccc3)[nH]nc2n1. The van der Waals surface area contributed by atoms with Crippen molar-refractivity contribution in [1.29, 1.82) is 0 Å². The highest BCUT2D eigenvalue weighted by Gasteiger charge is 2.15. The van der Waals surface area contributed by atoms with E-state index in [4.69, 9.17) is 5.73 Å². The number of para-hydroxylation sites is 1. The number of benzene rings is 2. The summed E-state index contributed by atoms with van der Waals surface area (Å²) < 4.78 is 0. The molecule has 0 aliphatic heterocycles. The first-order valence-corrected chi connectivity index (χ1v) is 7.20. The Morgan fingerprint density at radius 2 is 1.57 bits per heavy atom. The zero-order valence-electron chi connectivity index (χ0n) is 12.2. The molecule has 4 aromatic rings. The van der Waals surface area contributed by atoms with E-state index in [-0.39, 0.29) is 5.95 Å². The number of nitrogens with zero attached hydrogens (tertiary/aromatic N) is 3. The van der Waals surface area contributed by atoms with Crippen molar-refractivity contribution < 1.29 is 0 Å². The van der Waals surface area contributed by atoms with Crippen molar-refractivity contribution in [2.45, 2.75) is 0 Å². The molecular formula is C17H14N6. The number of aromatic nitrogens is 4. The molecule has 4 N–H and O–H groups in total. The predicted molar refractivity (Wildman–Crippen MR) is 91.3 cm³/mol. The van der Waals surface area contributed by atoms with Gasteiger partial charge in [0.15, 0.2) is 5.65 Å². The summed E-state index contributed by atoms with van der Waals surface area (Å²) in [7, 11) is 0. The van der Waals surface area contributed by atoms with Gasteiger partial charge in [0.1, 0.15) is 5.82 Å². The third kappa shape index (κ3) is 2.46. The zero-order chi connectivity index (χ0) is 15.6. The van der Waals surface area contributed by atoms with Crippen molar-refractivity contribution in [1.82, 2.24) is 20.2 Å². The molecule has 0 saturated carbocycles. The van der Waals surface area contributed by atoms with Crippen LogP contribution < -0.4 is 11.1 Å². The molecular weight excluding hydrogens is 288 g/mol. The van der Waals surface area contributed by atoms with Crippen LogP contribution in [0.4, 0.5) is 17.5 Å². The molecule has 0 amide bonds. The van der Waals surface area contributed by atoms with Crippen LogP contribution in [0.5, 0.6) is 0 Å². The normalized spacial score (nSPS) is 10.8. The van der Waals surface area contributed by atoms with Gasteiger partial charge in [-0.3, -0.25) is 5.10 Å². The van der Waals surface area contributed by atoms with Crippen molar-refractivity contribution in [3.05, 3.63) is 60.7 Å². The minimum Gasteiger partial charge on any atom is -0.368 e. The number of hydrogen-bond donors (Lipinski definition) is 3. The van der Waals surface area contributed by atoms with E-state index in [1.807, 2.05) is 60.7 Å². The van der Waals surface area contributed by atoms with Gasteiger partial charge in [0, 0.05) is 11.3 Å². The summed E-state index contributed by atoms with van der Waals surface area (Å²) in [5.74, 6) is 0.813. The molecule has 0 aliphatic rings. The van der Waals surface area contributed by atoms with Gasteiger partial charge in [-0.15, -0.1) is 0 Å². The van der Waals surface area contributed by atoms with Crippen LogP contribution in [0.2, 0.25) is 0 Å². The van der Waals surface area contributed by atoms with Crippen LogP contribution in [-0.2, 0) is 0 Å². The first kappa shape index (κ1) is 13.3. The number of H-pyrrole nitrogens is 1. The summed E-state index contributed by atoms with van der Waals surface area (Å²) in [5, 5.41) is 11.4. The summed E-state index contributed by atoms with van der Waals surface area (Å²) in [6, 6.07) is 19.7. The van der Waals surface area contributed by atoms with Gasteiger partial charge in [0.2, 0.25) is 5.95 Å². The molecule has 6 heteroatoms. The van der Waals surface area contributed by atoms with Gasteiger partial charge in [0.05, 0.1) is 11.1 Å². The topological polar surface area (TPSA) is 92.5 Å². The van der Waals surface area contributed by atoms with Crippen molar-refractivity contribution in [2.24, 2.45) is 0 Å². The summed E-state index contributed by atoms with van der Waals surface area (Å²) in [6.07, 6.45) is 0. The van der Waals surface area contributed by atoms with Gasteiger partial charge in [-0.05, 0) is 12.1 Å². The van der Waals surface area contributed by atoms with Crippen LogP contribution >= 0.6 is 0 Å². The third-order valence-corrected chi connectivity index (χ3v) is 3.53. The molecule has 0 bridgehead atoms. The maximum atomic E-state index is 5.81. The first-order valence-electron chi connectivity index (χ1n) is 7.20. The Balaban J connectivity index is 1.90. The van der Waals surface area contributed by atoms with Crippen molar-refractivity contribution in [2.75, 3.05) is 11.1 Å². The summed E-state index contributed by atoms with van der Waals surface area (Å²) in [6.45, 7) is 0. The van der Waals surface area contributed by atoms with Gasteiger partial charge in [-0.1, -0.05) is 48.5 Å². The molecule has 112 valence electrons. The smallest absolute Gasteiger partial charge is 0.224 e. The fourth-order valence-corrected chi connectivity index (χ4v) is 2.50. The van der Waals surface area contributed by atoms with E-state index in [0.29, 0.717) is 11.5 Å². The van der Waals surface area contributed by atoms with Gasteiger partial charge >= 0.3 is 0 Å². The van der Waals surface area contributed by atoms with Crippen molar-refractivity contribution in [3.63, 3.8) is 0 Å². The molecule has 0 fully saturated rings. The lowest BCUT2D eigenvalue weighted by Crippen LogP contribution is -2.01. The molecule has 2 aromatic heterocycles. The Kier molecular flexibility index (Phi) is 3.12. The Morgan fingerprint density at radius 3 is 2.30 bits per heavy atom. The molecule has 0 aliphatic carbocycles. The summed E-state index contributed by atoms with van der Waals surface area (Å²) in [4.78, 5) is 8.56. The Morgan fingerprint density at radius 1 is 0.870 bits per heavy atom. The number of aromatic amines is 1. The monoisotopic (exact) mass is 302 g/mol. The van der Waals surface area contributed by atoms with E-state index in [2.05, 4.69) is 25.5 Å². The van der Waals surface area contributed by atoms with E-state index in [0.717, 1.165) is 22.3 Å². The van der Waals surface area contributed by atoms with Crippen LogP contribution in [0, 0.1) is 0 Å². The van der Waals surface area contributed by atoms with Crippen LogP contribution in [0.25, 0.3) is 22.3 Å². The fraction of sp³-hybridized carbons (Fsp3) is 0. The molecule has 0 spiro atoms. The van der Waals surface area contributed by atoms with E-state index in [1.54, 1.807) is 0 Å². The zero-order valence-corrected chi connectivity index (χ0v) is 12.2. The molecule has 23 heavy (non-hydrogen) atoms. The highest BCUT2D eigenvalue weighted by Crippen LogP contribution is 2.32. The minimum atomic E-state index is 0.182. The number of nitrogens with two attached hydrogens (primary N) is 1. The second kappa shape index (κ2) is 5.42. The number of anilines is 3. The molecule has 0 atom stereocenters. The lowest BCUT2D eigenvalue weighted by Gasteiger charge is -2.08. The summed E-state index contributed by atoms with van der Waals surface area (Å²) in [5.41, 5.74) is 9.14. The highest BCUT2D eigenvalue weighted by molar-refractivity contribution is 6.00. The van der Waals surface area contributed by atoms with E-state index in [9.17, 15) is 0 Å². The second-order valence-electron chi connectivity index (χ2n) is 5.08. The maximum Gasteiger partial charge on any atom is 0.224 e. The summed E-state index contributed by atoms with van der Waals surface area (Å²) >= 11 is 0. The number of fused-ring (bicyclic) bond motifs is 1. The quantitative estimate of drug-likeness (QED) is 0.539. The average Bonchev–Trinajstić information content (AvgIpc) is 3.00. The minimum absolute atomic E-state index is 0.182.